The van der Waals surface area contributed by atoms with E-state index in [9.17, 15) is 27.4 Å². The smallest absolute Gasteiger partial charge is 0.338 e. The second-order valence-corrected chi connectivity index (χ2v) is 14.7. The number of carbonyl (C=O) groups excluding carboxylic acids is 3. The van der Waals surface area contributed by atoms with Gasteiger partial charge in [0.05, 0.1) is 22.3 Å². The molecule has 0 aromatic heterocycles. The summed E-state index contributed by atoms with van der Waals surface area (Å²) >= 11 is 4.31. The summed E-state index contributed by atoms with van der Waals surface area (Å²) in [5, 5.41) is 0. The molecule has 4 aliphatic rings. The number of benzene rings is 2. The molecule has 0 radical (unpaired) electrons. The number of hydrogen-bond donors (Lipinski definition) is 1. The first kappa shape index (κ1) is 28.3. The monoisotopic (exact) mass is 792 g/mol. The maximum Gasteiger partial charge on any atom is 0.338 e. The minimum absolute atomic E-state index is 0.0782. The lowest BCUT2D eigenvalue weighted by Gasteiger charge is -2.30. The molecule has 2 aromatic rings. The number of hydrogen-bond acceptors (Lipinski definition) is 8. The number of ether oxygens (including phenoxy) is 3. The first-order valence-corrected chi connectivity index (χ1v) is 16.8. The largest absolute Gasteiger partial charge is 0.458 e. The van der Waals surface area contributed by atoms with Crippen LogP contribution in [0.2, 0.25) is 0 Å². The standard InChI is InChI=1S/C28H26I2O9S/c29-19-8-6-14(10-20(19)30)26(31)38-24-17-12-18-23(28(33)39-25(18)24)22(17)27(32)37-15-7-9-21(40(34,35)36)16(11-15)13-4-2-1-3-5-13/h6-11,13,17-18,22-25H,1-5,12H2,(H,34,35,36). The van der Waals surface area contributed by atoms with Crippen LogP contribution < -0.4 is 4.74 Å². The van der Waals surface area contributed by atoms with E-state index in [4.69, 9.17) is 14.2 Å². The van der Waals surface area contributed by atoms with Crippen LogP contribution in [-0.2, 0) is 29.2 Å². The molecule has 1 saturated heterocycles. The fourth-order valence-corrected chi connectivity index (χ4v) is 8.64. The highest BCUT2D eigenvalue weighted by Gasteiger charge is 2.70. The van der Waals surface area contributed by atoms with Gasteiger partial charge >= 0.3 is 17.9 Å². The maximum atomic E-state index is 13.6. The van der Waals surface area contributed by atoms with Gasteiger partial charge in [0, 0.05) is 19.0 Å². The average molecular weight is 792 g/mol. The second-order valence-electron chi connectivity index (χ2n) is 10.9. The summed E-state index contributed by atoms with van der Waals surface area (Å²) in [7, 11) is -4.46. The Morgan fingerprint density at radius 1 is 0.975 bits per heavy atom. The molecule has 2 aromatic carbocycles. The predicted molar refractivity (Wildman–Crippen MR) is 157 cm³/mol. The van der Waals surface area contributed by atoms with Crippen molar-refractivity contribution in [2.24, 2.45) is 23.7 Å². The van der Waals surface area contributed by atoms with E-state index in [1.807, 2.05) is 6.07 Å². The van der Waals surface area contributed by atoms with Crippen molar-refractivity contribution in [2.75, 3.05) is 0 Å². The van der Waals surface area contributed by atoms with Crippen molar-refractivity contribution >= 4 is 73.2 Å². The molecule has 0 amide bonds. The van der Waals surface area contributed by atoms with E-state index >= 15 is 0 Å². The summed E-state index contributed by atoms with van der Waals surface area (Å²) in [5.74, 6) is -3.84. The molecule has 6 rings (SSSR count). The Morgan fingerprint density at radius 3 is 2.42 bits per heavy atom. The molecule has 9 nitrogen and oxygen atoms in total. The third-order valence-corrected chi connectivity index (χ3v) is 12.5. The van der Waals surface area contributed by atoms with Gasteiger partial charge in [0.2, 0.25) is 0 Å². The zero-order valence-corrected chi connectivity index (χ0v) is 26.3. The Balaban J connectivity index is 1.24. The van der Waals surface area contributed by atoms with E-state index in [-0.39, 0.29) is 22.5 Å². The third kappa shape index (κ3) is 5.06. The van der Waals surface area contributed by atoms with Gasteiger partial charge in [-0.05, 0) is 112 Å². The molecule has 1 N–H and O–H groups in total. The number of halogens is 2. The predicted octanol–water partition coefficient (Wildman–Crippen LogP) is 5.13. The topological polar surface area (TPSA) is 133 Å². The summed E-state index contributed by atoms with van der Waals surface area (Å²) < 4.78 is 53.0. The molecule has 1 aliphatic heterocycles. The summed E-state index contributed by atoms with van der Waals surface area (Å²) in [6.07, 6.45) is 3.62. The van der Waals surface area contributed by atoms with Crippen LogP contribution >= 0.6 is 45.2 Å². The molecule has 3 saturated carbocycles. The van der Waals surface area contributed by atoms with Crippen molar-refractivity contribution in [1.82, 2.24) is 0 Å². The van der Waals surface area contributed by atoms with E-state index < -0.39 is 58.0 Å². The number of rotatable bonds is 6. The van der Waals surface area contributed by atoms with E-state index in [0.717, 1.165) is 39.2 Å². The van der Waals surface area contributed by atoms with Crippen molar-refractivity contribution in [3.63, 3.8) is 0 Å². The van der Waals surface area contributed by atoms with Gasteiger partial charge in [-0.25, -0.2) is 4.79 Å². The quantitative estimate of drug-likeness (QED) is 0.183. The van der Waals surface area contributed by atoms with Crippen molar-refractivity contribution in [3.8, 4) is 5.75 Å². The summed E-state index contributed by atoms with van der Waals surface area (Å²) in [5.41, 5.74) is 0.807. The van der Waals surface area contributed by atoms with Crippen LogP contribution in [0, 0.1) is 30.8 Å². The van der Waals surface area contributed by atoms with Crippen LogP contribution in [-0.4, -0.2) is 43.1 Å². The van der Waals surface area contributed by atoms with Crippen molar-refractivity contribution in [2.45, 2.75) is 61.5 Å². The normalized spacial score (nSPS) is 29.3. The Morgan fingerprint density at radius 2 is 1.73 bits per heavy atom. The summed E-state index contributed by atoms with van der Waals surface area (Å²) in [6.45, 7) is 0. The lowest BCUT2D eigenvalue weighted by Crippen LogP contribution is -2.44. The second kappa shape index (κ2) is 10.8. The highest BCUT2D eigenvalue weighted by atomic mass is 127. The van der Waals surface area contributed by atoms with E-state index in [2.05, 4.69) is 45.2 Å². The average Bonchev–Trinajstić information content (AvgIpc) is 3.54. The molecule has 6 atom stereocenters. The number of carbonyl (C=O) groups is 3. The van der Waals surface area contributed by atoms with Gasteiger partial charge < -0.3 is 14.2 Å². The van der Waals surface area contributed by atoms with Crippen molar-refractivity contribution in [1.29, 1.82) is 0 Å². The van der Waals surface area contributed by atoms with Gasteiger partial charge in [0.15, 0.2) is 0 Å². The van der Waals surface area contributed by atoms with Crippen LogP contribution in [0.3, 0.4) is 0 Å². The van der Waals surface area contributed by atoms with Crippen LogP contribution in [0.5, 0.6) is 5.75 Å². The zero-order chi connectivity index (χ0) is 28.3. The maximum absolute atomic E-state index is 13.6. The highest BCUT2D eigenvalue weighted by Crippen LogP contribution is 2.59. The fourth-order valence-electron chi connectivity index (χ4n) is 7.03. The Bertz CT molecular complexity index is 1500. The Labute approximate surface area is 258 Å². The zero-order valence-electron chi connectivity index (χ0n) is 21.1. The van der Waals surface area contributed by atoms with Crippen LogP contribution in [0.1, 0.15) is 60.4 Å². The number of fused-ring (bicyclic) bond motifs is 1. The lowest BCUT2D eigenvalue weighted by atomic mass is 9.78. The molecule has 212 valence electrons. The van der Waals surface area contributed by atoms with E-state index in [0.29, 0.717) is 17.5 Å². The van der Waals surface area contributed by atoms with Crippen LogP contribution in [0.25, 0.3) is 0 Å². The van der Waals surface area contributed by atoms with Gasteiger partial charge in [0.25, 0.3) is 10.1 Å². The molecule has 0 spiro atoms. The summed E-state index contributed by atoms with van der Waals surface area (Å²) in [4.78, 5) is 39.2. The Kier molecular flexibility index (Phi) is 7.66. The highest BCUT2D eigenvalue weighted by molar-refractivity contribution is 14.1. The van der Waals surface area contributed by atoms with E-state index in [1.54, 1.807) is 12.1 Å². The first-order chi connectivity index (χ1) is 19.0. The molecule has 2 bridgehead atoms. The van der Waals surface area contributed by atoms with Crippen molar-refractivity contribution < 1.29 is 41.6 Å². The SMILES string of the molecule is O=C(OC1C2CC3C1OC(=O)C3C2C(=O)Oc1ccc(S(=O)(=O)O)c(C2CCCCC2)c1)c1ccc(I)c(I)c1. The molecule has 40 heavy (non-hydrogen) atoms. The molecule has 6 unspecified atom stereocenters. The number of esters is 3. The van der Waals surface area contributed by atoms with Crippen LogP contribution in [0.15, 0.2) is 41.3 Å². The van der Waals surface area contributed by atoms with Crippen LogP contribution in [0.4, 0.5) is 0 Å². The van der Waals surface area contributed by atoms with Gasteiger partial charge in [0.1, 0.15) is 18.0 Å². The molecular weight excluding hydrogens is 766 g/mol. The van der Waals surface area contributed by atoms with Crippen molar-refractivity contribution in [3.05, 3.63) is 54.7 Å². The molecule has 3 aliphatic carbocycles. The molecule has 1 heterocycles. The summed E-state index contributed by atoms with van der Waals surface area (Å²) in [6, 6.07) is 9.33. The van der Waals surface area contributed by atoms with E-state index in [1.165, 1.54) is 18.2 Å². The lowest BCUT2D eigenvalue weighted by molar-refractivity contribution is -0.149. The first-order valence-electron chi connectivity index (χ1n) is 13.2. The molecule has 4 fully saturated rings. The fraction of sp³-hybridized carbons (Fsp3) is 0.464. The third-order valence-electron chi connectivity index (χ3n) is 8.74. The minimum Gasteiger partial charge on any atom is -0.458 e. The molecular formula is C28H26I2O9S. The van der Waals surface area contributed by atoms with Gasteiger partial charge in [-0.1, -0.05) is 19.3 Å². The Hall–Kier alpha value is -1.78. The van der Waals surface area contributed by atoms with Gasteiger partial charge in [-0.2, -0.15) is 8.42 Å². The molecule has 12 heteroatoms. The van der Waals surface area contributed by atoms with Gasteiger partial charge in [-0.15, -0.1) is 0 Å². The minimum atomic E-state index is -4.46. The van der Waals surface area contributed by atoms with Gasteiger partial charge in [-0.3, -0.25) is 14.1 Å².